The lowest BCUT2D eigenvalue weighted by molar-refractivity contribution is -0.137. The van der Waals surface area contributed by atoms with Gasteiger partial charge in [0.25, 0.3) is 5.56 Å². The average Bonchev–Trinajstić information content (AvgIpc) is 3.09. The molecule has 3 aromatic rings. The Balaban J connectivity index is 1.89. The second-order valence-electron chi connectivity index (χ2n) is 7.74. The molecule has 164 valence electrons. The number of carbonyl (C=O) groups excluding carboxylic acids is 1. The van der Waals surface area contributed by atoms with Crippen molar-refractivity contribution in [2.45, 2.75) is 44.6 Å². The minimum absolute atomic E-state index is 0.0622. The van der Waals surface area contributed by atoms with Crippen LogP contribution in [0.25, 0.3) is 15.9 Å². The lowest BCUT2D eigenvalue weighted by Crippen LogP contribution is -2.32. The van der Waals surface area contributed by atoms with E-state index in [1.54, 1.807) is 4.57 Å². The molecular weight excluding hydrogens is 436 g/mol. The molecule has 0 atom stereocenters. The molecule has 31 heavy (non-hydrogen) atoms. The molecule has 0 bridgehead atoms. The number of hydrogen-bond acceptors (Lipinski definition) is 8. The third-order valence-corrected chi connectivity index (χ3v) is 7.04. The Morgan fingerprint density at radius 2 is 2.06 bits per heavy atom. The number of esters is 1. The van der Waals surface area contributed by atoms with Gasteiger partial charge in [0.15, 0.2) is 5.16 Å². The normalized spacial score (nSPS) is 15.0. The lowest BCUT2D eigenvalue weighted by Gasteiger charge is -2.29. The number of thioether (sulfide) groups is 1. The van der Waals surface area contributed by atoms with E-state index < -0.39 is 0 Å². The molecular formula is C22H24N2O5S2. The van der Waals surface area contributed by atoms with Crippen LogP contribution in [0.4, 0.5) is 0 Å². The van der Waals surface area contributed by atoms with Gasteiger partial charge in [-0.05, 0) is 50.6 Å². The van der Waals surface area contributed by atoms with Gasteiger partial charge in [-0.25, -0.2) is 4.98 Å². The van der Waals surface area contributed by atoms with Crippen molar-refractivity contribution in [2.24, 2.45) is 0 Å². The highest BCUT2D eigenvalue weighted by Gasteiger charge is 2.31. The molecule has 0 saturated heterocycles. The van der Waals surface area contributed by atoms with Crippen molar-refractivity contribution in [1.29, 1.82) is 0 Å². The average molecular weight is 461 g/mol. The van der Waals surface area contributed by atoms with Crippen molar-refractivity contribution < 1.29 is 19.0 Å². The van der Waals surface area contributed by atoms with E-state index >= 15 is 0 Å². The van der Waals surface area contributed by atoms with E-state index in [9.17, 15) is 9.59 Å². The Morgan fingerprint density at radius 1 is 1.32 bits per heavy atom. The van der Waals surface area contributed by atoms with Crippen LogP contribution in [0.2, 0.25) is 0 Å². The number of hydrogen-bond donors (Lipinski definition) is 0. The first-order valence-corrected chi connectivity index (χ1v) is 11.8. The Hall–Kier alpha value is -2.36. The van der Waals surface area contributed by atoms with Crippen molar-refractivity contribution in [2.75, 3.05) is 19.5 Å². The van der Waals surface area contributed by atoms with Crippen LogP contribution in [0.3, 0.4) is 0 Å². The van der Waals surface area contributed by atoms with Crippen LogP contribution in [0.15, 0.2) is 34.2 Å². The number of aromatic nitrogens is 2. The number of methoxy groups -OCH3 is 1. The molecule has 0 unspecified atom stereocenters. The molecule has 7 nitrogen and oxygen atoms in total. The molecule has 2 aromatic heterocycles. The zero-order valence-electron chi connectivity index (χ0n) is 17.9. The SMILES string of the molecule is CCOc1ccc(-n2c(SCC(=O)OC)nc3sc4c(c3c2=O)CC(C)(C)OC4)cc1. The lowest BCUT2D eigenvalue weighted by atomic mass is 9.94. The van der Waals surface area contributed by atoms with Crippen LogP contribution in [0.1, 0.15) is 31.2 Å². The van der Waals surface area contributed by atoms with Gasteiger partial charge in [0.1, 0.15) is 10.6 Å². The van der Waals surface area contributed by atoms with Gasteiger partial charge >= 0.3 is 5.97 Å². The van der Waals surface area contributed by atoms with Crippen molar-refractivity contribution in [3.63, 3.8) is 0 Å². The maximum absolute atomic E-state index is 13.7. The van der Waals surface area contributed by atoms with E-state index in [0.29, 0.717) is 40.7 Å². The van der Waals surface area contributed by atoms with Crippen molar-refractivity contribution in [1.82, 2.24) is 9.55 Å². The molecule has 0 fully saturated rings. The van der Waals surface area contributed by atoms with Gasteiger partial charge in [-0.2, -0.15) is 0 Å². The van der Waals surface area contributed by atoms with Gasteiger partial charge in [-0.1, -0.05) is 11.8 Å². The third kappa shape index (κ3) is 4.35. The predicted molar refractivity (Wildman–Crippen MR) is 122 cm³/mol. The van der Waals surface area contributed by atoms with Crippen LogP contribution in [-0.2, 0) is 27.3 Å². The first kappa shape index (κ1) is 21.9. The zero-order chi connectivity index (χ0) is 22.2. The fourth-order valence-electron chi connectivity index (χ4n) is 3.54. The molecule has 3 heterocycles. The Labute approximate surface area is 188 Å². The predicted octanol–water partition coefficient (Wildman–Crippen LogP) is 3.96. The highest BCUT2D eigenvalue weighted by atomic mass is 32.2. The summed E-state index contributed by atoms with van der Waals surface area (Å²) in [6, 6.07) is 7.30. The van der Waals surface area contributed by atoms with Gasteiger partial charge in [0, 0.05) is 11.3 Å². The highest BCUT2D eigenvalue weighted by Crippen LogP contribution is 2.38. The first-order valence-electron chi connectivity index (χ1n) is 9.97. The number of nitrogens with zero attached hydrogens (tertiary/aromatic N) is 2. The summed E-state index contributed by atoms with van der Waals surface area (Å²) in [5.74, 6) is 0.411. The summed E-state index contributed by atoms with van der Waals surface area (Å²) in [5, 5.41) is 1.08. The molecule has 0 spiro atoms. The number of ether oxygens (including phenoxy) is 3. The maximum atomic E-state index is 13.7. The molecule has 0 saturated carbocycles. The Bertz CT molecular complexity index is 1180. The minimum Gasteiger partial charge on any atom is -0.494 e. The van der Waals surface area contributed by atoms with E-state index in [0.717, 1.165) is 16.2 Å². The number of thiophene rings is 1. The Kier molecular flexibility index (Phi) is 6.09. The second-order valence-corrected chi connectivity index (χ2v) is 9.76. The molecule has 9 heteroatoms. The molecule has 4 rings (SSSR count). The highest BCUT2D eigenvalue weighted by molar-refractivity contribution is 7.99. The molecule has 0 radical (unpaired) electrons. The fourth-order valence-corrected chi connectivity index (χ4v) is 5.53. The van der Waals surface area contributed by atoms with E-state index in [1.165, 1.54) is 30.2 Å². The van der Waals surface area contributed by atoms with Crippen LogP contribution >= 0.6 is 23.1 Å². The number of benzene rings is 1. The first-order chi connectivity index (χ1) is 14.8. The number of carbonyl (C=O) groups is 1. The van der Waals surface area contributed by atoms with Crippen LogP contribution < -0.4 is 10.3 Å². The summed E-state index contributed by atoms with van der Waals surface area (Å²) >= 11 is 2.67. The number of fused-ring (bicyclic) bond motifs is 3. The number of rotatable bonds is 6. The van der Waals surface area contributed by atoms with Gasteiger partial charge in [0.05, 0.1) is 42.8 Å². The topological polar surface area (TPSA) is 79.7 Å². The molecule has 0 aliphatic carbocycles. The third-order valence-electron chi connectivity index (χ3n) is 5.03. The Morgan fingerprint density at radius 3 is 2.74 bits per heavy atom. The largest absolute Gasteiger partial charge is 0.494 e. The molecule has 0 amide bonds. The quantitative estimate of drug-likeness (QED) is 0.313. The zero-order valence-corrected chi connectivity index (χ0v) is 19.5. The minimum atomic E-state index is -0.377. The maximum Gasteiger partial charge on any atom is 0.316 e. The van der Waals surface area contributed by atoms with Crippen molar-refractivity contribution >= 4 is 39.3 Å². The summed E-state index contributed by atoms with van der Waals surface area (Å²) in [7, 11) is 1.34. The summed E-state index contributed by atoms with van der Waals surface area (Å²) in [6.45, 7) is 7.00. The van der Waals surface area contributed by atoms with E-state index in [2.05, 4.69) is 0 Å². The molecule has 1 aromatic carbocycles. The summed E-state index contributed by atoms with van der Waals surface area (Å²) in [6.07, 6.45) is 0.650. The van der Waals surface area contributed by atoms with Gasteiger partial charge in [-0.15, -0.1) is 11.3 Å². The summed E-state index contributed by atoms with van der Waals surface area (Å²) in [4.78, 5) is 32.0. The monoisotopic (exact) mass is 460 g/mol. The smallest absolute Gasteiger partial charge is 0.316 e. The molecule has 1 aliphatic heterocycles. The fraction of sp³-hybridized carbons (Fsp3) is 0.409. The van der Waals surface area contributed by atoms with E-state index in [-0.39, 0.29) is 22.9 Å². The summed E-state index contributed by atoms with van der Waals surface area (Å²) < 4.78 is 17.8. The second kappa shape index (κ2) is 8.64. The van der Waals surface area contributed by atoms with E-state index in [1.807, 2.05) is 45.0 Å². The van der Waals surface area contributed by atoms with Crippen LogP contribution in [0, 0.1) is 0 Å². The molecule has 1 aliphatic rings. The molecule has 0 N–H and O–H groups in total. The van der Waals surface area contributed by atoms with Crippen LogP contribution in [0.5, 0.6) is 5.75 Å². The van der Waals surface area contributed by atoms with E-state index in [4.69, 9.17) is 19.2 Å². The standard InChI is InChI=1S/C22H24N2O5S2/c1-5-28-14-8-6-13(7-9-14)24-20(26)18-15-10-22(2,3)29-11-16(15)31-19(18)23-21(24)30-12-17(25)27-4/h6-9H,5,10-12H2,1-4H3. The van der Waals surface area contributed by atoms with Gasteiger partial charge < -0.3 is 14.2 Å². The van der Waals surface area contributed by atoms with Gasteiger partial charge in [-0.3, -0.25) is 14.2 Å². The van der Waals surface area contributed by atoms with Crippen molar-refractivity contribution in [3.05, 3.63) is 45.1 Å². The van der Waals surface area contributed by atoms with Crippen molar-refractivity contribution in [3.8, 4) is 11.4 Å². The van der Waals surface area contributed by atoms with Gasteiger partial charge in [0.2, 0.25) is 0 Å². The summed E-state index contributed by atoms with van der Waals surface area (Å²) in [5.41, 5.74) is 1.20. The van der Waals surface area contributed by atoms with Crippen LogP contribution in [-0.4, -0.2) is 40.6 Å².